The number of hydrogen-bond acceptors (Lipinski definition) is 6. The van der Waals surface area contributed by atoms with Crippen LogP contribution in [0.15, 0.2) is 72.8 Å². The van der Waals surface area contributed by atoms with Gasteiger partial charge in [-0.25, -0.2) is 4.39 Å². The Labute approximate surface area is 226 Å². The highest BCUT2D eigenvalue weighted by Gasteiger charge is 2.31. The van der Waals surface area contributed by atoms with Crippen molar-refractivity contribution in [3.05, 3.63) is 99.9 Å². The maximum atomic E-state index is 13.6. The number of hydrogen-bond donors (Lipinski definition) is 1. The van der Waals surface area contributed by atoms with E-state index in [2.05, 4.69) is 5.32 Å². The first-order valence-corrected chi connectivity index (χ1v) is 12.5. The number of methoxy groups -OCH3 is 1. The summed E-state index contributed by atoms with van der Waals surface area (Å²) in [5.74, 6) is -0.840. The van der Waals surface area contributed by atoms with Crippen molar-refractivity contribution >= 4 is 17.5 Å². The number of halogens is 1. The Morgan fingerprint density at radius 2 is 1.72 bits per heavy atom. The van der Waals surface area contributed by atoms with Crippen molar-refractivity contribution in [2.45, 2.75) is 32.9 Å². The Hall–Kier alpha value is -4.47. The summed E-state index contributed by atoms with van der Waals surface area (Å²) in [6.45, 7) is 3.98. The second-order valence-corrected chi connectivity index (χ2v) is 9.37. The minimum atomic E-state index is -0.876. The van der Waals surface area contributed by atoms with E-state index in [-0.39, 0.29) is 42.0 Å². The molecule has 0 aliphatic rings. The van der Waals surface area contributed by atoms with Gasteiger partial charge in [-0.3, -0.25) is 19.7 Å². The maximum Gasteiger partial charge on any atom is 0.311 e. The van der Waals surface area contributed by atoms with Crippen LogP contribution in [-0.2, 0) is 22.6 Å². The molecule has 0 bridgehead atoms. The molecule has 1 N–H and O–H groups in total. The van der Waals surface area contributed by atoms with Crippen molar-refractivity contribution in [3.8, 4) is 11.5 Å². The van der Waals surface area contributed by atoms with Gasteiger partial charge in [0.05, 0.1) is 12.0 Å². The number of nitro groups is 1. The summed E-state index contributed by atoms with van der Waals surface area (Å²) < 4.78 is 24.3. The molecule has 2 amide bonds. The van der Waals surface area contributed by atoms with Crippen LogP contribution >= 0.6 is 0 Å². The summed E-state index contributed by atoms with van der Waals surface area (Å²) in [6.07, 6.45) is 0.253. The van der Waals surface area contributed by atoms with Gasteiger partial charge < -0.3 is 19.7 Å². The summed E-state index contributed by atoms with van der Waals surface area (Å²) in [4.78, 5) is 39.0. The third-order valence-corrected chi connectivity index (χ3v) is 5.93. The molecule has 0 spiro atoms. The van der Waals surface area contributed by atoms with E-state index in [1.807, 2.05) is 44.2 Å². The van der Waals surface area contributed by atoms with Gasteiger partial charge in [-0.1, -0.05) is 56.3 Å². The highest BCUT2D eigenvalue weighted by Crippen LogP contribution is 2.30. The van der Waals surface area contributed by atoms with Gasteiger partial charge in [-0.2, -0.15) is 0 Å². The lowest BCUT2D eigenvalue weighted by Crippen LogP contribution is -2.52. The number of nitrogens with one attached hydrogen (secondary N) is 1. The second kappa shape index (κ2) is 13.9. The van der Waals surface area contributed by atoms with Gasteiger partial charge in [0.2, 0.25) is 11.7 Å². The topological polar surface area (TPSA) is 111 Å². The van der Waals surface area contributed by atoms with Crippen LogP contribution in [0.1, 0.15) is 25.0 Å². The number of ether oxygens (including phenoxy) is 2. The molecule has 3 rings (SSSR count). The van der Waals surface area contributed by atoms with E-state index >= 15 is 0 Å². The number of carbonyl (C=O) groups excluding carboxylic acids is 2. The number of nitro benzene ring substituents is 1. The van der Waals surface area contributed by atoms with Crippen molar-refractivity contribution in [3.63, 3.8) is 0 Å². The smallest absolute Gasteiger partial charge is 0.311 e. The zero-order valence-electron chi connectivity index (χ0n) is 22.1. The minimum absolute atomic E-state index is 0.0110. The monoisotopic (exact) mass is 537 g/mol. The summed E-state index contributed by atoms with van der Waals surface area (Å²) in [5.41, 5.74) is 1.26. The van der Waals surface area contributed by atoms with Gasteiger partial charge in [0.15, 0.2) is 6.61 Å². The Morgan fingerprint density at radius 3 is 2.33 bits per heavy atom. The molecule has 0 fully saturated rings. The van der Waals surface area contributed by atoms with Crippen LogP contribution in [0.5, 0.6) is 11.5 Å². The predicted octanol–water partition coefficient (Wildman–Crippen LogP) is 4.53. The SMILES string of the molecule is COc1cc(OCC(=O)N(Cc2ccc(F)cc2)[C@@H](Cc2ccccc2)C(=O)NCC(C)C)ccc1[N+](=O)[O-]. The lowest BCUT2D eigenvalue weighted by molar-refractivity contribution is -0.385. The number of amides is 2. The van der Waals surface area contributed by atoms with Gasteiger partial charge in [0.25, 0.3) is 5.91 Å². The molecule has 0 aliphatic heterocycles. The lowest BCUT2D eigenvalue weighted by atomic mass is 10.0. The van der Waals surface area contributed by atoms with E-state index in [0.29, 0.717) is 12.1 Å². The van der Waals surface area contributed by atoms with Crippen LogP contribution in [0.25, 0.3) is 0 Å². The largest absolute Gasteiger partial charge is 0.490 e. The lowest BCUT2D eigenvalue weighted by Gasteiger charge is -2.31. The molecular weight excluding hydrogens is 505 g/mol. The van der Waals surface area contributed by atoms with Crippen molar-refractivity contribution < 1.29 is 28.4 Å². The molecule has 0 saturated carbocycles. The van der Waals surface area contributed by atoms with E-state index in [9.17, 15) is 24.1 Å². The molecule has 3 aromatic rings. The number of carbonyl (C=O) groups is 2. The molecule has 3 aromatic carbocycles. The highest BCUT2D eigenvalue weighted by atomic mass is 19.1. The molecule has 0 heterocycles. The average Bonchev–Trinajstić information content (AvgIpc) is 2.93. The predicted molar refractivity (Wildman–Crippen MR) is 144 cm³/mol. The summed E-state index contributed by atoms with van der Waals surface area (Å²) in [7, 11) is 1.30. The zero-order chi connectivity index (χ0) is 28.4. The second-order valence-electron chi connectivity index (χ2n) is 9.37. The van der Waals surface area contributed by atoms with Gasteiger partial charge in [0, 0.05) is 31.6 Å². The Bertz CT molecular complexity index is 1270. The molecule has 0 aliphatic carbocycles. The van der Waals surface area contributed by atoms with Crippen molar-refractivity contribution in [1.82, 2.24) is 10.2 Å². The molecule has 0 aromatic heterocycles. The Balaban J connectivity index is 1.90. The molecule has 0 saturated heterocycles. The van der Waals surface area contributed by atoms with Crippen molar-refractivity contribution in [2.75, 3.05) is 20.3 Å². The molecule has 39 heavy (non-hydrogen) atoms. The van der Waals surface area contributed by atoms with Crippen LogP contribution in [0.3, 0.4) is 0 Å². The first kappa shape index (κ1) is 29.1. The zero-order valence-corrected chi connectivity index (χ0v) is 22.1. The van der Waals surface area contributed by atoms with Crippen LogP contribution < -0.4 is 14.8 Å². The summed E-state index contributed by atoms with van der Waals surface area (Å²) in [5, 5.41) is 14.1. The highest BCUT2D eigenvalue weighted by molar-refractivity contribution is 5.88. The van der Waals surface area contributed by atoms with E-state index in [1.165, 1.54) is 42.3 Å². The first-order valence-electron chi connectivity index (χ1n) is 12.5. The standard InChI is InChI=1S/C29H32FN3O6/c1-20(2)17-31-29(35)26(15-21-7-5-4-6-8-21)32(18-22-9-11-23(30)12-10-22)28(34)19-39-24-13-14-25(33(36)37)27(16-24)38-3/h4-14,16,20,26H,15,17-19H2,1-3H3,(H,31,35)/t26-/m0/s1. The molecular formula is C29H32FN3O6. The fraction of sp³-hybridized carbons (Fsp3) is 0.310. The average molecular weight is 538 g/mol. The van der Waals surface area contributed by atoms with Gasteiger partial charge in [-0.05, 0) is 35.2 Å². The number of rotatable bonds is 13. The first-order chi connectivity index (χ1) is 18.7. The Kier molecular flexibility index (Phi) is 10.4. The summed E-state index contributed by atoms with van der Waals surface area (Å²) in [6, 6.07) is 18.1. The van der Waals surface area contributed by atoms with E-state index < -0.39 is 29.3 Å². The van der Waals surface area contributed by atoms with Crippen LogP contribution in [0.4, 0.5) is 10.1 Å². The van der Waals surface area contributed by atoms with Gasteiger partial charge in [-0.15, -0.1) is 0 Å². The van der Waals surface area contributed by atoms with Gasteiger partial charge in [0.1, 0.15) is 17.6 Å². The van der Waals surface area contributed by atoms with Crippen molar-refractivity contribution in [2.24, 2.45) is 5.92 Å². The van der Waals surface area contributed by atoms with E-state index in [4.69, 9.17) is 9.47 Å². The third kappa shape index (κ3) is 8.53. The molecule has 0 unspecified atom stereocenters. The fourth-order valence-electron chi connectivity index (χ4n) is 3.89. The number of nitrogens with zero attached hydrogens (tertiary/aromatic N) is 2. The third-order valence-electron chi connectivity index (χ3n) is 5.93. The maximum absolute atomic E-state index is 13.6. The van der Waals surface area contributed by atoms with Crippen LogP contribution in [0.2, 0.25) is 0 Å². The van der Waals surface area contributed by atoms with Crippen LogP contribution in [0, 0.1) is 21.8 Å². The van der Waals surface area contributed by atoms with E-state index in [1.54, 1.807) is 12.1 Å². The Morgan fingerprint density at radius 1 is 1.03 bits per heavy atom. The minimum Gasteiger partial charge on any atom is -0.490 e. The molecule has 206 valence electrons. The van der Waals surface area contributed by atoms with Crippen molar-refractivity contribution in [1.29, 1.82) is 0 Å². The molecule has 9 nitrogen and oxygen atoms in total. The molecule has 10 heteroatoms. The van der Waals surface area contributed by atoms with Crippen LogP contribution in [-0.4, -0.2) is 47.9 Å². The summed E-state index contributed by atoms with van der Waals surface area (Å²) >= 11 is 0. The molecule has 0 radical (unpaired) electrons. The molecule has 1 atom stereocenters. The quantitative estimate of drug-likeness (QED) is 0.253. The normalized spacial score (nSPS) is 11.5. The number of benzene rings is 3. The van der Waals surface area contributed by atoms with E-state index in [0.717, 1.165) is 5.56 Å². The van der Waals surface area contributed by atoms with Gasteiger partial charge >= 0.3 is 5.69 Å². The fourth-order valence-corrected chi connectivity index (χ4v) is 3.89.